The van der Waals surface area contributed by atoms with Crippen LogP contribution in [0, 0.1) is 5.41 Å². The van der Waals surface area contributed by atoms with Gasteiger partial charge < -0.3 is 15.2 Å². The molecule has 0 aliphatic rings. The van der Waals surface area contributed by atoms with Crippen molar-refractivity contribution in [1.29, 1.82) is 5.41 Å². The first-order valence-corrected chi connectivity index (χ1v) is 6.97. The van der Waals surface area contributed by atoms with Gasteiger partial charge in [-0.15, -0.1) is 0 Å². The monoisotopic (exact) mass is 324 g/mol. The van der Waals surface area contributed by atoms with E-state index in [0.29, 0.717) is 40.3 Å². The van der Waals surface area contributed by atoms with Crippen LogP contribution in [0.25, 0.3) is 0 Å². The number of ether oxygens (including phenoxy) is 2. The first-order valence-electron chi connectivity index (χ1n) is 6.21. The van der Waals surface area contributed by atoms with Gasteiger partial charge in [0.2, 0.25) is 0 Å². The van der Waals surface area contributed by atoms with Crippen LogP contribution in [0.2, 0.25) is 10.0 Å². The van der Waals surface area contributed by atoms with Gasteiger partial charge in [-0.3, -0.25) is 5.41 Å². The van der Waals surface area contributed by atoms with Crippen molar-refractivity contribution in [2.75, 3.05) is 13.2 Å². The second-order valence-corrected chi connectivity index (χ2v) is 5.03. The van der Waals surface area contributed by atoms with Crippen LogP contribution in [0.5, 0.6) is 11.5 Å². The molecular weight excluding hydrogens is 311 g/mol. The minimum atomic E-state index is 0.0319. The second-order valence-electron chi connectivity index (χ2n) is 4.21. The highest BCUT2D eigenvalue weighted by molar-refractivity contribution is 6.42. The highest BCUT2D eigenvalue weighted by Gasteiger charge is 2.01. The number of halogens is 2. The lowest BCUT2D eigenvalue weighted by Gasteiger charge is -2.09. The van der Waals surface area contributed by atoms with Crippen LogP contribution in [-0.2, 0) is 0 Å². The third-order valence-electron chi connectivity index (χ3n) is 2.68. The number of amidine groups is 1. The van der Waals surface area contributed by atoms with Crippen LogP contribution >= 0.6 is 23.2 Å². The lowest BCUT2D eigenvalue weighted by molar-refractivity contribution is 0.217. The Hall–Kier alpha value is -1.91. The van der Waals surface area contributed by atoms with Crippen molar-refractivity contribution in [2.45, 2.75) is 0 Å². The zero-order chi connectivity index (χ0) is 15.2. The number of nitrogens with two attached hydrogens (primary N) is 1. The Morgan fingerprint density at radius 1 is 0.905 bits per heavy atom. The average Bonchev–Trinajstić information content (AvgIpc) is 2.47. The third-order valence-corrected chi connectivity index (χ3v) is 3.42. The molecule has 4 nitrogen and oxygen atoms in total. The van der Waals surface area contributed by atoms with E-state index >= 15 is 0 Å². The Morgan fingerprint density at radius 2 is 1.48 bits per heavy atom. The molecule has 0 atom stereocenters. The fourth-order valence-corrected chi connectivity index (χ4v) is 1.90. The van der Waals surface area contributed by atoms with Crippen LogP contribution in [0.4, 0.5) is 0 Å². The molecule has 0 fully saturated rings. The normalized spacial score (nSPS) is 10.2. The van der Waals surface area contributed by atoms with E-state index in [1.807, 2.05) is 0 Å². The molecule has 6 heteroatoms. The Morgan fingerprint density at radius 3 is 2.05 bits per heavy atom. The van der Waals surface area contributed by atoms with Gasteiger partial charge in [-0.25, -0.2) is 0 Å². The molecule has 0 unspecified atom stereocenters. The third kappa shape index (κ3) is 4.55. The van der Waals surface area contributed by atoms with E-state index in [1.165, 1.54) is 0 Å². The molecule has 0 aromatic heterocycles. The molecule has 0 aliphatic carbocycles. The van der Waals surface area contributed by atoms with Gasteiger partial charge in [-0.05, 0) is 36.4 Å². The van der Waals surface area contributed by atoms with Crippen molar-refractivity contribution >= 4 is 29.0 Å². The van der Waals surface area contributed by atoms with Gasteiger partial charge in [0.25, 0.3) is 0 Å². The molecule has 3 N–H and O–H groups in total. The molecule has 0 aliphatic heterocycles. The maximum absolute atomic E-state index is 7.30. The van der Waals surface area contributed by atoms with Crippen molar-refractivity contribution < 1.29 is 9.47 Å². The minimum absolute atomic E-state index is 0.0319. The number of rotatable bonds is 6. The largest absolute Gasteiger partial charge is 0.490 e. The predicted octanol–water partition coefficient (Wildman–Crippen LogP) is 3.74. The van der Waals surface area contributed by atoms with Crippen LogP contribution in [0.15, 0.2) is 42.5 Å². The van der Waals surface area contributed by atoms with Crippen LogP contribution < -0.4 is 15.2 Å². The Labute approximate surface area is 132 Å². The summed E-state index contributed by atoms with van der Waals surface area (Å²) in [5.41, 5.74) is 6.04. The number of hydrogen-bond acceptors (Lipinski definition) is 3. The smallest absolute Gasteiger partial charge is 0.122 e. The number of hydrogen-bond donors (Lipinski definition) is 2. The Kier molecular flexibility index (Phi) is 5.31. The number of nitrogen functional groups attached to an aromatic ring is 1. The van der Waals surface area contributed by atoms with Crippen molar-refractivity contribution in [3.05, 3.63) is 58.1 Å². The van der Waals surface area contributed by atoms with Gasteiger partial charge in [0.1, 0.15) is 30.5 Å². The van der Waals surface area contributed by atoms with Crippen LogP contribution in [0.1, 0.15) is 5.56 Å². The zero-order valence-corrected chi connectivity index (χ0v) is 12.6. The van der Waals surface area contributed by atoms with Gasteiger partial charge in [0.15, 0.2) is 0 Å². The quantitative estimate of drug-likeness (QED) is 0.483. The van der Waals surface area contributed by atoms with Gasteiger partial charge in [0, 0.05) is 11.6 Å². The fourth-order valence-electron chi connectivity index (χ4n) is 1.62. The molecule has 2 aromatic carbocycles. The minimum Gasteiger partial charge on any atom is -0.490 e. The second kappa shape index (κ2) is 7.20. The summed E-state index contributed by atoms with van der Waals surface area (Å²) in [5, 5.41) is 8.24. The van der Waals surface area contributed by atoms with E-state index in [1.54, 1.807) is 42.5 Å². The lowest BCUT2D eigenvalue weighted by Crippen LogP contribution is -2.11. The zero-order valence-electron chi connectivity index (χ0n) is 11.1. The molecule has 0 saturated carbocycles. The lowest BCUT2D eigenvalue weighted by atomic mass is 10.2. The molecule has 0 bridgehead atoms. The molecule has 2 aromatic rings. The van der Waals surface area contributed by atoms with Crippen molar-refractivity contribution in [3.63, 3.8) is 0 Å². The maximum atomic E-state index is 7.30. The summed E-state index contributed by atoms with van der Waals surface area (Å²) < 4.78 is 11.0. The molecule has 0 spiro atoms. The van der Waals surface area contributed by atoms with Gasteiger partial charge in [0.05, 0.1) is 10.0 Å². The van der Waals surface area contributed by atoms with E-state index in [0.717, 1.165) is 0 Å². The summed E-state index contributed by atoms with van der Waals surface area (Å²) in [6.45, 7) is 0.770. The first-order chi connectivity index (χ1) is 10.1. The molecule has 0 saturated heterocycles. The molecule has 21 heavy (non-hydrogen) atoms. The Balaban J connectivity index is 1.79. The molecular formula is C15H14Cl2N2O2. The predicted molar refractivity (Wildman–Crippen MR) is 84.9 cm³/mol. The summed E-state index contributed by atoms with van der Waals surface area (Å²) in [5.74, 6) is 1.36. The number of nitrogens with one attached hydrogen (secondary N) is 1. The fraction of sp³-hybridized carbons (Fsp3) is 0.133. The summed E-state index contributed by atoms with van der Waals surface area (Å²) in [6.07, 6.45) is 0. The van der Waals surface area contributed by atoms with Gasteiger partial charge >= 0.3 is 0 Å². The summed E-state index contributed by atoms with van der Waals surface area (Å²) in [7, 11) is 0. The van der Waals surface area contributed by atoms with E-state index < -0.39 is 0 Å². The summed E-state index contributed by atoms with van der Waals surface area (Å²) in [4.78, 5) is 0. The average molecular weight is 325 g/mol. The van der Waals surface area contributed by atoms with E-state index in [9.17, 15) is 0 Å². The molecule has 110 valence electrons. The van der Waals surface area contributed by atoms with E-state index in [4.69, 9.17) is 43.8 Å². The van der Waals surface area contributed by atoms with Crippen LogP contribution in [-0.4, -0.2) is 19.0 Å². The van der Waals surface area contributed by atoms with Crippen molar-refractivity contribution in [2.24, 2.45) is 5.73 Å². The SMILES string of the molecule is N=C(N)c1ccc(OCCOc2ccc(Cl)c(Cl)c2)cc1. The summed E-state index contributed by atoms with van der Waals surface area (Å²) >= 11 is 11.7. The van der Waals surface area contributed by atoms with Gasteiger partial charge in [-0.2, -0.15) is 0 Å². The van der Waals surface area contributed by atoms with Gasteiger partial charge in [-0.1, -0.05) is 23.2 Å². The van der Waals surface area contributed by atoms with Crippen molar-refractivity contribution in [3.8, 4) is 11.5 Å². The number of benzene rings is 2. The maximum Gasteiger partial charge on any atom is 0.122 e. The van der Waals surface area contributed by atoms with Crippen LogP contribution in [0.3, 0.4) is 0 Å². The topological polar surface area (TPSA) is 68.3 Å². The van der Waals surface area contributed by atoms with Crippen molar-refractivity contribution in [1.82, 2.24) is 0 Å². The molecule has 0 radical (unpaired) electrons. The standard InChI is InChI=1S/C15H14Cl2N2O2/c16-13-6-5-12(9-14(13)17)21-8-7-20-11-3-1-10(2-4-11)15(18)19/h1-6,9H,7-8H2,(H3,18,19). The summed E-state index contributed by atoms with van der Waals surface area (Å²) in [6, 6.07) is 12.1. The van der Waals surface area contributed by atoms with E-state index in [2.05, 4.69) is 0 Å². The van der Waals surface area contributed by atoms with E-state index in [-0.39, 0.29) is 5.84 Å². The first kappa shape index (κ1) is 15.5. The molecule has 0 amide bonds. The molecule has 0 heterocycles. The molecule has 2 rings (SSSR count). The Bertz CT molecular complexity index is 630. The highest BCUT2D eigenvalue weighted by atomic mass is 35.5. The highest BCUT2D eigenvalue weighted by Crippen LogP contribution is 2.26.